The van der Waals surface area contributed by atoms with Gasteiger partial charge in [0.15, 0.2) is 11.5 Å². The van der Waals surface area contributed by atoms with E-state index in [1.807, 2.05) is 0 Å². The number of aromatic amines is 1. The Hall–Kier alpha value is -2.02. The van der Waals surface area contributed by atoms with Gasteiger partial charge in [-0.05, 0) is 30.3 Å². The molecular formula is C14H10F3NO2S. The Morgan fingerprint density at radius 1 is 1.00 bits per heavy atom. The summed E-state index contributed by atoms with van der Waals surface area (Å²) in [6.45, 7) is 0.868. The molecule has 1 N–H and O–H groups in total. The summed E-state index contributed by atoms with van der Waals surface area (Å²) >= 11 is 4.87. The van der Waals surface area contributed by atoms with Gasteiger partial charge in [-0.25, -0.2) is 0 Å². The Bertz CT molecular complexity index is 740. The predicted molar refractivity (Wildman–Crippen MR) is 73.1 cm³/mol. The van der Waals surface area contributed by atoms with Crippen molar-refractivity contribution in [3.8, 4) is 22.8 Å². The fraction of sp³-hybridized carbons (Fsp3) is 0.214. The van der Waals surface area contributed by atoms with Crippen LogP contribution < -0.4 is 9.47 Å². The molecule has 1 aromatic carbocycles. The molecule has 1 aliphatic rings. The largest absolute Gasteiger partial charge is 0.486 e. The second-order valence-electron chi connectivity index (χ2n) is 4.50. The number of benzene rings is 1. The van der Waals surface area contributed by atoms with E-state index in [4.69, 9.17) is 21.7 Å². The molecule has 0 bridgehead atoms. The first-order valence-electron chi connectivity index (χ1n) is 6.15. The monoisotopic (exact) mass is 313 g/mol. The Kier molecular flexibility index (Phi) is 3.36. The quantitative estimate of drug-likeness (QED) is 0.801. The highest BCUT2D eigenvalue weighted by Gasteiger charge is 2.31. The number of fused-ring (bicyclic) bond motifs is 1. The van der Waals surface area contributed by atoms with Crippen LogP contribution in [-0.4, -0.2) is 18.2 Å². The smallest absolute Gasteiger partial charge is 0.416 e. The number of rotatable bonds is 1. The van der Waals surface area contributed by atoms with Gasteiger partial charge in [-0.1, -0.05) is 12.2 Å². The maximum absolute atomic E-state index is 12.8. The third-order valence-corrected chi connectivity index (χ3v) is 3.24. The first kappa shape index (κ1) is 13.9. The predicted octanol–water partition coefficient (Wildman–Crippen LogP) is 4.20. The number of hydrogen-bond donors (Lipinski definition) is 1. The Labute approximate surface area is 123 Å². The first-order chi connectivity index (χ1) is 9.93. The molecule has 0 unspecified atom stereocenters. The normalized spacial score (nSPS) is 14.0. The molecule has 3 nitrogen and oxygen atoms in total. The minimum atomic E-state index is -4.44. The number of halogens is 3. The van der Waals surface area contributed by atoms with Crippen LogP contribution in [-0.2, 0) is 6.18 Å². The lowest BCUT2D eigenvalue weighted by atomic mass is 10.1. The summed E-state index contributed by atoms with van der Waals surface area (Å²) in [5, 5.41) is 0. The molecule has 3 rings (SSSR count). The van der Waals surface area contributed by atoms with Crippen LogP contribution in [0.5, 0.6) is 11.5 Å². The number of ether oxygens (including phenoxy) is 2. The average molecular weight is 313 g/mol. The van der Waals surface area contributed by atoms with Crippen molar-refractivity contribution in [3.05, 3.63) is 40.5 Å². The standard InChI is InChI=1S/C14H10F3NO2S/c15-14(16,17)9-6-10(18-13(21)7-9)8-1-2-11-12(5-8)20-4-3-19-11/h1-2,5-7H,3-4H2,(H,18,21). The third kappa shape index (κ3) is 2.87. The van der Waals surface area contributed by atoms with Crippen molar-refractivity contribution >= 4 is 12.2 Å². The molecule has 21 heavy (non-hydrogen) atoms. The number of hydrogen-bond acceptors (Lipinski definition) is 3. The van der Waals surface area contributed by atoms with Crippen molar-refractivity contribution in [3.63, 3.8) is 0 Å². The number of nitrogens with one attached hydrogen (secondary N) is 1. The van der Waals surface area contributed by atoms with Gasteiger partial charge < -0.3 is 14.5 Å². The molecule has 0 aliphatic carbocycles. The van der Waals surface area contributed by atoms with E-state index in [2.05, 4.69) is 4.98 Å². The lowest BCUT2D eigenvalue weighted by Crippen LogP contribution is -2.15. The summed E-state index contributed by atoms with van der Waals surface area (Å²) in [5.74, 6) is 1.09. The van der Waals surface area contributed by atoms with Crippen LogP contribution in [0.3, 0.4) is 0 Å². The molecule has 110 valence electrons. The average Bonchev–Trinajstić information content (AvgIpc) is 2.45. The Balaban J connectivity index is 2.08. The van der Waals surface area contributed by atoms with Gasteiger partial charge in [-0.3, -0.25) is 0 Å². The summed E-state index contributed by atoms with van der Waals surface area (Å²) in [7, 11) is 0. The Morgan fingerprint density at radius 2 is 1.71 bits per heavy atom. The lowest BCUT2D eigenvalue weighted by Gasteiger charge is -2.19. The van der Waals surface area contributed by atoms with Crippen molar-refractivity contribution in [1.82, 2.24) is 4.98 Å². The highest BCUT2D eigenvalue weighted by atomic mass is 32.1. The minimum Gasteiger partial charge on any atom is -0.486 e. The van der Waals surface area contributed by atoms with Gasteiger partial charge in [0.25, 0.3) is 0 Å². The van der Waals surface area contributed by atoms with Crippen LogP contribution in [0.25, 0.3) is 11.3 Å². The highest BCUT2D eigenvalue weighted by Crippen LogP contribution is 2.36. The number of H-pyrrole nitrogens is 1. The molecule has 0 spiro atoms. The van der Waals surface area contributed by atoms with Crippen molar-refractivity contribution in [2.45, 2.75) is 6.18 Å². The van der Waals surface area contributed by atoms with E-state index in [0.29, 0.717) is 30.3 Å². The molecule has 0 saturated heterocycles. The van der Waals surface area contributed by atoms with Crippen LogP contribution >= 0.6 is 12.2 Å². The van der Waals surface area contributed by atoms with Crippen molar-refractivity contribution in [2.75, 3.05) is 13.2 Å². The van der Waals surface area contributed by atoms with Crippen molar-refractivity contribution in [1.29, 1.82) is 0 Å². The summed E-state index contributed by atoms with van der Waals surface area (Å²) in [4.78, 5) is 2.76. The van der Waals surface area contributed by atoms with Gasteiger partial charge >= 0.3 is 6.18 Å². The molecule has 2 heterocycles. The number of alkyl halides is 3. The maximum atomic E-state index is 12.8. The van der Waals surface area contributed by atoms with E-state index >= 15 is 0 Å². The zero-order chi connectivity index (χ0) is 15.0. The summed E-state index contributed by atoms with van der Waals surface area (Å²) in [6.07, 6.45) is -4.44. The molecule has 1 aromatic heterocycles. The Morgan fingerprint density at radius 3 is 2.43 bits per heavy atom. The molecule has 0 fully saturated rings. The highest BCUT2D eigenvalue weighted by molar-refractivity contribution is 7.71. The van der Waals surface area contributed by atoms with E-state index in [1.54, 1.807) is 18.2 Å². The third-order valence-electron chi connectivity index (χ3n) is 3.02. The fourth-order valence-electron chi connectivity index (χ4n) is 2.07. The number of aromatic nitrogens is 1. The molecular weight excluding hydrogens is 303 g/mol. The minimum absolute atomic E-state index is 0.0229. The van der Waals surface area contributed by atoms with Gasteiger partial charge in [0.1, 0.15) is 17.9 Å². The van der Waals surface area contributed by atoms with E-state index in [-0.39, 0.29) is 10.3 Å². The van der Waals surface area contributed by atoms with Crippen LogP contribution in [0.15, 0.2) is 30.3 Å². The van der Waals surface area contributed by atoms with Crippen LogP contribution in [0.4, 0.5) is 13.2 Å². The molecule has 2 aromatic rings. The molecule has 7 heteroatoms. The second kappa shape index (κ2) is 5.07. The fourth-order valence-corrected chi connectivity index (χ4v) is 2.31. The molecule has 0 amide bonds. The van der Waals surface area contributed by atoms with Gasteiger partial charge in [0, 0.05) is 11.3 Å². The van der Waals surface area contributed by atoms with Crippen LogP contribution in [0, 0.1) is 4.64 Å². The zero-order valence-electron chi connectivity index (χ0n) is 10.7. The summed E-state index contributed by atoms with van der Waals surface area (Å²) < 4.78 is 49.3. The summed E-state index contributed by atoms with van der Waals surface area (Å²) in [5.41, 5.74) is 0.0550. The van der Waals surface area contributed by atoms with Crippen LogP contribution in [0.1, 0.15) is 5.56 Å². The van der Waals surface area contributed by atoms with Gasteiger partial charge in [-0.2, -0.15) is 13.2 Å². The SMILES string of the molecule is FC(F)(F)c1cc(-c2ccc3c(c2)OCCO3)[nH]c(=S)c1. The van der Waals surface area contributed by atoms with Crippen molar-refractivity contribution in [2.24, 2.45) is 0 Å². The second-order valence-corrected chi connectivity index (χ2v) is 4.94. The van der Waals surface area contributed by atoms with Gasteiger partial charge in [0.2, 0.25) is 0 Å². The molecule has 0 saturated carbocycles. The first-order valence-corrected chi connectivity index (χ1v) is 6.56. The zero-order valence-corrected chi connectivity index (χ0v) is 11.5. The van der Waals surface area contributed by atoms with Gasteiger partial charge in [-0.15, -0.1) is 0 Å². The van der Waals surface area contributed by atoms with E-state index in [1.165, 1.54) is 0 Å². The molecule has 0 radical (unpaired) electrons. The topological polar surface area (TPSA) is 34.2 Å². The van der Waals surface area contributed by atoms with Gasteiger partial charge in [0.05, 0.1) is 5.56 Å². The number of pyridine rings is 1. The maximum Gasteiger partial charge on any atom is 0.416 e. The van der Waals surface area contributed by atoms with E-state index in [0.717, 1.165) is 12.1 Å². The molecule has 1 aliphatic heterocycles. The van der Waals surface area contributed by atoms with Crippen LogP contribution in [0.2, 0.25) is 0 Å². The summed E-state index contributed by atoms with van der Waals surface area (Å²) in [6, 6.07) is 6.89. The lowest BCUT2D eigenvalue weighted by molar-refractivity contribution is -0.137. The molecule has 0 atom stereocenters. The van der Waals surface area contributed by atoms with E-state index in [9.17, 15) is 13.2 Å². The van der Waals surface area contributed by atoms with E-state index < -0.39 is 11.7 Å². The van der Waals surface area contributed by atoms with Crippen molar-refractivity contribution < 1.29 is 22.6 Å².